The average Bonchev–Trinajstić information content (AvgIpc) is 2.21. The second kappa shape index (κ2) is 5.31. The molecule has 0 heterocycles. The van der Waals surface area contributed by atoms with Gasteiger partial charge in [-0.1, -0.05) is 6.07 Å². The molecule has 0 aliphatic carbocycles. The molecule has 0 radical (unpaired) electrons. The highest BCUT2D eigenvalue weighted by molar-refractivity contribution is 7.98. The van der Waals surface area contributed by atoms with Crippen molar-refractivity contribution >= 4 is 23.1 Å². The maximum Gasteiger partial charge on any atom is 0.0416 e. The molecule has 2 nitrogen and oxygen atoms in total. The van der Waals surface area contributed by atoms with E-state index in [2.05, 4.69) is 38.1 Å². The van der Waals surface area contributed by atoms with Gasteiger partial charge >= 0.3 is 0 Å². The van der Waals surface area contributed by atoms with Crippen LogP contribution in [0, 0.1) is 6.92 Å². The lowest BCUT2D eigenvalue weighted by atomic mass is 10.1. The van der Waals surface area contributed by atoms with Crippen molar-refractivity contribution in [3.8, 4) is 0 Å². The summed E-state index contributed by atoms with van der Waals surface area (Å²) in [5.41, 5.74) is 9.18. The van der Waals surface area contributed by atoms with E-state index in [1.54, 1.807) is 0 Å². The summed E-state index contributed by atoms with van der Waals surface area (Å²) < 4.78 is 0. The highest BCUT2D eigenvalue weighted by Crippen LogP contribution is 2.25. The smallest absolute Gasteiger partial charge is 0.0416 e. The number of nitrogens with two attached hydrogens (primary N) is 1. The maximum absolute atomic E-state index is 5.90. The molecule has 0 aliphatic rings. The van der Waals surface area contributed by atoms with Gasteiger partial charge in [0.15, 0.2) is 0 Å². The zero-order valence-corrected chi connectivity index (χ0v) is 10.8. The predicted molar refractivity (Wildman–Crippen MR) is 71.8 cm³/mol. The molecule has 0 fully saturated rings. The van der Waals surface area contributed by atoms with Crippen LogP contribution in [-0.2, 0) is 0 Å². The van der Waals surface area contributed by atoms with Gasteiger partial charge in [-0.2, -0.15) is 11.8 Å². The predicted octanol–water partition coefficient (Wildman–Crippen LogP) is 2.76. The Morgan fingerprint density at radius 2 is 2.13 bits per heavy atom. The van der Waals surface area contributed by atoms with Gasteiger partial charge in [0, 0.05) is 30.2 Å². The minimum atomic E-state index is 0.528. The molecule has 0 saturated heterocycles. The van der Waals surface area contributed by atoms with Gasteiger partial charge < -0.3 is 10.6 Å². The van der Waals surface area contributed by atoms with Crippen LogP contribution in [0.1, 0.15) is 12.5 Å². The van der Waals surface area contributed by atoms with Crippen LogP contribution in [0.4, 0.5) is 11.4 Å². The maximum atomic E-state index is 5.90. The van der Waals surface area contributed by atoms with E-state index in [9.17, 15) is 0 Å². The van der Waals surface area contributed by atoms with E-state index in [0.717, 1.165) is 11.4 Å². The highest BCUT2D eigenvalue weighted by atomic mass is 32.2. The van der Waals surface area contributed by atoms with E-state index in [4.69, 9.17) is 5.73 Å². The monoisotopic (exact) mass is 224 g/mol. The Hall–Kier alpha value is -0.830. The van der Waals surface area contributed by atoms with E-state index in [0.29, 0.717) is 6.04 Å². The zero-order valence-electron chi connectivity index (χ0n) is 9.95. The molecule has 1 atom stereocenters. The number of benzene rings is 1. The minimum Gasteiger partial charge on any atom is -0.398 e. The topological polar surface area (TPSA) is 29.3 Å². The van der Waals surface area contributed by atoms with Crippen LogP contribution in [0.5, 0.6) is 0 Å². The molecule has 0 saturated carbocycles. The summed E-state index contributed by atoms with van der Waals surface area (Å²) in [5, 5.41) is 0. The van der Waals surface area contributed by atoms with Gasteiger partial charge in [0.05, 0.1) is 0 Å². The first kappa shape index (κ1) is 12.2. The van der Waals surface area contributed by atoms with Crippen molar-refractivity contribution in [3.63, 3.8) is 0 Å². The van der Waals surface area contributed by atoms with Gasteiger partial charge in [0.25, 0.3) is 0 Å². The molecule has 0 bridgehead atoms. The summed E-state index contributed by atoms with van der Waals surface area (Å²) in [5.74, 6) is 1.13. The van der Waals surface area contributed by atoms with Crippen molar-refractivity contribution < 1.29 is 0 Å². The van der Waals surface area contributed by atoms with Gasteiger partial charge in [0.1, 0.15) is 0 Å². The molecule has 3 heteroatoms. The summed E-state index contributed by atoms with van der Waals surface area (Å²) in [6.07, 6.45) is 2.14. The minimum absolute atomic E-state index is 0.528. The Bertz CT molecular complexity index is 325. The van der Waals surface area contributed by atoms with Crippen molar-refractivity contribution in [2.45, 2.75) is 19.9 Å². The third kappa shape index (κ3) is 2.81. The lowest BCUT2D eigenvalue weighted by molar-refractivity contribution is 0.763. The fraction of sp³-hybridized carbons (Fsp3) is 0.500. The normalized spacial score (nSPS) is 12.5. The average molecular weight is 224 g/mol. The lowest BCUT2D eigenvalue weighted by Crippen LogP contribution is -2.31. The second-order valence-corrected chi connectivity index (χ2v) is 4.82. The first-order valence-corrected chi connectivity index (χ1v) is 6.54. The fourth-order valence-electron chi connectivity index (χ4n) is 1.61. The van der Waals surface area contributed by atoms with E-state index in [1.807, 2.05) is 23.9 Å². The van der Waals surface area contributed by atoms with Crippen LogP contribution in [0.3, 0.4) is 0 Å². The van der Waals surface area contributed by atoms with Gasteiger partial charge in [-0.05, 0) is 37.8 Å². The molecule has 0 aliphatic heterocycles. The van der Waals surface area contributed by atoms with Crippen LogP contribution >= 0.6 is 11.8 Å². The molecule has 0 aromatic heterocycles. The number of nitrogens with zero attached hydrogens (tertiary/aromatic N) is 1. The van der Waals surface area contributed by atoms with E-state index < -0.39 is 0 Å². The van der Waals surface area contributed by atoms with Crippen LogP contribution in [0.25, 0.3) is 0 Å². The van der Waals surface area contributed by atoms with E-state index in [1.165, 1.54) is 11.3 Å². The number of anilines is 2. The number of hydrogen-bond donors (Lipinski definition) is 1. The Morgan fingerprint density at radius 3 is 2.73 bits per heavy atom. The largest absolute Gasteiger partial charge is 0.398 e. The Morgan fingerprint density at radius 1 is 1.47 bits per heavy atom. The molecule has 1 rings (SSSR count). The van der Waals surface area contributed by atoms with E-state index >= 15 is 0 Å². The SMILES string of the molecule is CSCC(C)N(C)c1cccc(N)c1C. The number of rotatable bonds is 4. The first-order chi connectivity index (χ1) is 7.07. The number of thioether (sulfide) groups is 1. The van der Waals surface area contributed by atoms with Crippen molar-refractivity contribution in [3.05, 3.63) is 23.8 Å². The summed E-state index contributed by atoms with van der Waals surface area (Å²) >= 11 is 1.87. The van der Waals surface area contributed by atoms with Gasteiger partial charge in [0.2, 0.25) is 0 Å². The Kier molecular flexibility index (Phi) is 4.33. The Labute approximate surface area is 96.8 Å². The van der Waals surface area contributed by atoms with E-state index in [-0.39, 0.29) is 0 Å². The summed E-state index contributed by atoms with van der Waals surface area (Å²) in [4.78, 5) is 2.29. The number of hydrogen-bond acceptors (Lipinski definition) is 3. The third-order valence-electron chi connectivity index (χ3n) is 2.80. The van der Waals surface area contributed by atoms with Crippen molar-refractivity contribution in [1.82, 2.24) is 0 Å². The molecule has 1 unspecified atom stereocenters. The second-order valence-electron chi connectivity index (χ2n) is 3.91. The molecule has 0 spiro atoms. The van der Waals surface area contributed by atoms with Crippen LogP contribution in [0.15, 0.2) is 18.2 Å². The quantitative estimate of drug-likeness (QED) is 0.797. The van der Waals surface area contributed by atoms with Gasteiger partial charge in [-0.15, -0.1) is 0 Å². The first-order valence-electron chi connectivity index (χ1n) is 5.14. The van der Waals surface area contributed by atoms with Crippen molar-refractivity contribution in [1.29, 1.82) is 0 Å². The summed E-state index contributed by atoms with van der Waals surface area (Å²) in [6.45, 7) is 4.31. The van der Waals surface area contributed by atoms with Gasteiger partial charge in [-0.25, -0.2) is 0 Å². The lowest BCUT2D eigenvalue weighted by Gasteiger charge is -2.28. The molecular formula is C12H20N2S. The van der Waals surface area contributed by atoms with Crippen molar-refractivity contribution in [2.75, 3.05) is 29.7 Å². The summed E-state index contributed by atoms with van der Waals surface area (Å²) in [7, 11) is 2.13. The molecule has 1 aromatic carbocycles. The molecular weight excluding hydrogens is 204 g/mol. The number of nitrogen functional groups attached to an aromatic ring is 1. The fourth-order valence-corrected chi connectivity index (χ4v) is 2.32. The Balaban J connectivity index is 2.90. The van der Waals surface area contributed by atoms with Crippen molar-refractivity contribution in [2.24, 2.45) is 0 Å². The summed E-state index contributed by atoms with van der Waals surface area (Å²) in [6, 6.07) is 6.62. The van der Waals surface area contributed by atoms with Crippen LogP contribution in [-0.4, -0.2) is 25.1 Å². The molecule has 15 heavy (non-hydrogen) atoms. The highest BCUT2D eigenvalue weighted by Gasteiger charge is 2.12. The van der Waals surface area contributed by atoms with Crippen LogP contribution in [0.2, 0.25) is 0 Å². The molecule has 1 aromatic rings. The molecule has 2 N–H and O–H groups in total. The third-order valence-corrected chi connectivity index (χ3v) is 3.61. The zero-order chi connectivity index (χ0) is 11.4. The van der Waals surface area contributed by atoms with Crippen LogP contribution < -0.4 is 10.6 Å². The molecule has 84 valence electrons. The molecule has 0 amide bonds. The van der Waals surface area contributed by atoms with Gasteiger partial charge in [-0.3, -0.25) is 0 Å². The standard InChI is InChI=1S/C12H20N2S/c1-9(8-15-4)14(3)12-7-5-6-11(13)10(12)2/h5-7,9H,8,13H2,1-4H3.